The first kappa shape index (κ1) is 17.5. The molecule has 0 N–H and O–H groups in total. The molecule has 0 aliphatic heterocycles. The molecule has 0 amide bonds. The molecule has 0 aliphatic carbocycles. The highest BCUT2D eigenvalue weighted by molar-refractivity contribution is 6.02. The Balaban J connectivity index is 2.61. The monoisotopic (exact) mass is 345 g/mol. The van der Waals surface area contributed by atoms with Crippen molar-refractivity contribution >= 4 is 11.5 Å². The summed E-state index contributed by atoms with van der Waals surface area (Å²) in [5.74, 6) is -6.33. The molecular weight excluding hydrogens is 337 g/mol. The average Bonchev–Trinajstić information content (AvgIpc) is 2.53. The number of rotatable bonds is 4. The number of halogens is 5. The Morgan fingerprint density at radius 1 is 0.917 bits per heavy atom. The molecule has 0 heterocycles. The number of hydrogen-bond donors (Lipinski definition) is 0. The summed E-state index contributed by atoms with van der Waals surface area (Å²) < 4.78 is 67.7. The molecule has 0 radical (unpaired) electrons. The number of benzene rings is 2. The average molecular weight is 345 g/mol. The van der Waals surface area contributed by atoms with Crippen molar-refractivity contribution in [3.05, 3.63) is 75.3 Å². The summed E-state index contributed by atoms with van der Waals surface area (Å²) in [7, 11) is 0. The summed E-state index contributed by atoms with van der Waals surface area (Å²) >= 11 is 0. The van der Waals surface area contributed by atoms with E-state index < -0.39 is 45.2 Å². The lowest BCUT2D eigenvalue weighted by Crippen LogP contribution is -2.29. The lowest BCUT2D eigenvalue weighted by Gasteiger charge is -2.20. The maximum Gasteiger partial charge on any atom is 0.417 e. The smallest absolute Gasteiger partial charge is 0.287 e. The van der Waals surface area contributed by atoms with Gasteiger partial charge < -0.3 is 0 Å². The lowest BCUT2D eigenvalue weighted by atomic mass is 9.94. The van der Waals surface area contributed by atoms with Crippen molar-refractivity contribution in [1.29, 1.82) is 0 Å². The number of alkyl halides is 5. The lowest BCUT2D eigenvalue weighted by molar-refractivity contribution is -0.385. The number of non-ortho nitro benzene ring substituents is 1. The molecule has 0 saturated carbocycles. The van der Waals surface area contributed by atoms with E-state index in [-0.39, 0.29) is 12.1 Å². The maximum atomic E-state index is 14.3. The number of ketones is 1. The van der Waals surface area contributed by atoms with Crippen LogP contribution in [0.2, 0.25) is 0 Å². The van der Waals surface area contributed by atoms with E-state index >= 15 is 0 Å². The Morgan fingerprint density at radius 2 is 1.50 bits per heavy atom. The van der Waals surface area contributed by atoms with Crippen LogP contribution in [0.15, 0.2) is 48.5 Å². The molecule has 4 nitrogen and oxygen atoms in total. The topological polar surface area (TPSA) is 60.2 Å². The van der Waals surface area contributed by atoms with Crippen LogP contribution in [-0.4, -0.2) is 10.7 Å². The van der Waals surface area contributed by atoms with Gasteiger partial charge in [0, 0.05) is 23.3 Å². The van der Waals surface area contributed by atoms with Crippen LogP contribution >= 0.6 is 0 Å². The van der Waals surface area contributed by atoms with Gasteiger partial charge in [0.05, 0.1) is 10.5 Å². The Hall–Kier alpha value is -2.84. The number of hydrogen-bond acceptors (Lipinski definition) is 3. The summed E-state index contributed by atoms with van der Waals surface area (Å²) in [5.41, 5.74) is -5.04. The van der Waals surface area contributed by atoms with Gasteiger partial charge in [0.2, 0.25) is 5.78 Å². The van der Waals surface area contributed by atoms with Crippen LogP contribution in [0.5, 0.6) is 0 Å². The maximum absolute atomic E-state index is 14.3. The fraction of sp³-hybridized carbons (Fsp3) is 0.133. The van der Waals surface area contributed by atoms with E-state index in [0.717, 1.165) is 12.1 Å². The minimum absolute atomic E-state index is 0.0124. The molecular formula is C15H8F5NO3. The third-order valence-corrected chi connectivity index (χ3v) is 3.18. The van der Waals surface area contributed by atoms with Crippen LogP contribution in [0.3, 0.4) is 0 Å². The molecule has 0 aliphatic rings. The van der Waals surface area contributed by atoms with Crippen LogP contribution in [0.1, 0.15) is 21.5 Å². The molecule has 0 bridgehead atoms. The zero-order valence-electron chi connectivity index (χ0n) is 11.7. The minimum atomic E-state index is -5.29. The van der Waals surface area contributed by atoms with E-state index in [1.54, 1.807) is 0 Å². The van der Waals surface area contributed by atoms with Gasteiger partial charge in [-0.25, -0.2) is 0 Å². The molecule has 2 aromatic carbocycles. The number of carbonyl (C=O) groups is 1. The molecule has 9 heteroatoms. The predicted molar refractivity (Wildman–Crippen MR) is 72.8 cm³/mol. The standard InChI is InChI=1S/C15H8F5NO3/c16-14(17,13(22)9-4-2-1-3-5-9)11-7-6-10(21(23)24)8-12(11)15(18,19)20/h1-8H. The summed E-state index contributed by atoms with van der Waals surface area (Å²) in [6.45, 7) is 0. The molecule has 0 aromatic heterocycles. The van der Waals surface area contributed by atoms with Crippen molar-refractivity contribution in [3.63, 3.8) is 0 Å². The van der Waals surface area contributed by atoms with Gasteiger partial charge in [0.25, 0.3) is 5.69 Å². The van der Waals surface area contributed by atoms with E-state index in [2.05, 4.69) is 0 Å². The molecule has 2 rings (SSSR count). The van der Waals surface area contributed by atoms with Gasteiger partial charge in [-0.2, -0.15) is 22.0 Å². The van der Waals surface area contributed by atoms with Crippen LogP contribution < -0.4 is 0 Å². The molecule has 0 atom stereocenters. The van der Waals surface area contributed by atoms with E-state index in [1.807, 2.05) is 0 Å². The highest BCUT2D eigenvalue weighted by atomic mass is 19.4. The largest absolute Gasteiger partial charge is 0.417 e. The summed E-state index contributed by atoms with van der Waals surface area (Å²) in [5, 5.41) is 10.6. The van der Waals surface area contributed by atoms with E-state index in [4.69, 9.17) is 0 Å². The van der Waals surface area contributed by atoms with Crippen LogP contribution in [-0.2, 0) is 12.1 Å². The fourth-order valence-corrected chi connectivity index (χ4v) is 2.05. The van der Waals surface area contributed by atoms with E-state index in [9.17, 15) is 36.9 Å². The van der Waals surface area contributed by atoms with Gasteiger partial charge in [-0.1, -0.05) is 30.3 Å². The van der Waals surface area contributed by atoms with Crippen LogP contribution in [0, 0.1) is 10.1 Å². The quantitative estimate of drug-likeness (QED) is 0.352. The second-order valence-corrected chi connectivity index (χ2v) is 4.75. The highest BCUT2D eigenvalue weighted by Gasteiger charge is 2.48. The van der Waals surface area contributed by atoms with Gasteiger partial charge in [0.1, 0.15) is 0 Å². The first-order chi connectivity index (χ1) is 11.0. The van der Waals surface area contributed by atoms with Crippen LogP contribution in [0.25, 0.3) is 0 Å². The summed E-state index contributed by atoms with van der Waals surface area (Å²) in [4.78, 5) is 21.4. The molecule has 0 fully saturated rings. The highest BCUT2D eigenvalue weighted by Crippen LogP contribution is 2.42. The van der Waals surface area contributed by atoms with E-state index in [1.165, 1.54) is 18.2 Å². The minimum Gasteiger partial charge on any atom is -0.287 e. The first-order valence-corrected chi connectivity index (χ1v) is 6.39. The van der Waals surface area contributed by atoms with Crippen molar-refractivity contribution < 1.29 is 31.7 Å². The molecule has 0 spiro atoms. The SMILES string of the molecule is O=C(c1ccccc1)C(F)(F)c1ccc([N+](=O)[O-])cc1C(F)(F)F. The predicted octanol–water partition coefficient (Wildman–Crippen LogP) is 4.59. The first-order valence-electron chi connectivity index (χ1n) is 6.39. The molecule has 0 unspecified atom stereocenters. The van der Waals surface area contributed by atoms with Gasteiger partial charge in [-0.05, 0) is 6.07 Å². The molecule has 0 saturated heterocycles. The number of carbonyl (C=O) groups excluding carboxylic acids is 1. The van der Waals surface area contributed by atoms with Gasteiger partial charge in [0.15, 0.2) is 0 Å². The Morgan fingerprint density at radius 3 is 2.00 bits per heavy atom. The summed E-state index contributed by atoms with van der Waals surface area (Å²) in [6, 6.07) is 6.82. The number of nitrogens with zero attached hydrogens (tertiary/aromatic N) is 1. The van der Waals surface area contributed by atoms with Crippen molar-refractivity contribution in [3.8, 4) is 0 Å². The Labute approximate surface area is 131 Å². The van der Waals surface area contributed by atoms with Crippen molar-refractivity contribution in [2.75, 3.05) is 0 Å². The fourth-order valence-electron chi connectivity index (χ4n) is 2.05. The molecule has 2 aromatic rings. The second-order valence-electron chi connectivity index (χ2n) is 4.75. The zero-order valence-corrected chi connectivity index (χ0v) is 11.7. The van der Waals surface area contributed by atoms with E-state index in [0.29, 0.717) is 6.07 Å². The number of nitro benzene ring substituents is 1. The summed E-state index contributed by atoms with van der Waals surface area (Å²) in [6.07, 6.45) is -5.29. The Bertz CT molecular complexity index is 787. The van der Waals surface area contributed by atoms with Crippen molar-refractivity contribution in [1.82, 2.24) is 0 Å². The van der Waals surface area contributed by atoms with Crippen molar-refractivity contribution in [2.45, 2.75) is 12.1 Å². The molecule has 24 heavy (non-hydrogen) atoms. The molecule has 126 valence electrons. The Kier molecular flexibility index (Phi) is 4.37. The van der Waals surface area contributed by atoms with Gasteiger partial charge in [-0.3, -0.25) is 14.9 Å². The third kappa shape index (κ3) is 3.24. The number of Topliss-reactive ketones (excluding diaryl/α,β-unsaturated/α-hetero) is 1. The normalized spacial score (nSPS) is 12.0. The van der Waals surface area contributed by atoms with Crippen molar-refractivity contribution in [2.24, 2.45) is 0 Å². The second kappa shape index (κ2) is 5.99. The number of nitro groups is 1. The van der Waals surface area contributed by atoms with Gasteiger partial charge >= 0.3 is 12.1 Å². The third-order valence-electron chi connectivity index (χ3n) is 3.18. The van der Waals surface area contributed by atoms with Crippen LogP contribution in [0.4, 0.5) is 27.6 Å². The van der Waals surface area contributed by atoms with Gasteiger partial charge in [-0.15, -0.1) is 0 Å². The zero-order chi connectivity index (χ0) is 18.1.